The molecule has 2 fully saturated rings. The molecule has 1 heteroatoms. The van der Waals surface area contributed by atoms with Crippen LogP contribution < -0.4 is 5.73 Å². The van der Waals surface area contributed by atoms with Crippen LogP contribution in [0.3, 0.4) is 0 Å². The Labute approximate surface area is 111 Å². The molecule has 0 bridgehead atoms. The fraction of sp³-hybridized carbons (Fsp3) is 1.00. The van der Waals surface area contributed by atoms with E-state index in [1.54, 1.807) is 25.7 Å². The minimum Gasteiger partial charge on any atom is -0.331 e. The molecule has 2 rings (SSSR count). The van der Waals surface area contributed by atoms with Crippen molar-refractivity contribution in [2.24, 2.45) is 17.6 Å². The molecule has 106 valence electrons. The first-order chi connectivity index (χ1) is 7.38. The fourth-order valence-corrected chi connectivity index (χ4v) is 3.21. The topological polar surface area (TPSA) is 26.0 Å². The van der Waals surface area contributed by atoms with Gasteiger partial charge in [-0.2, -0.15) is 0 Å². The maximum absolute atomic E-state index is 4.85. The summed E-state index contributed by atoms with van der Waals surface area (Å²) in [5.74, 6) is 2.28. The highest BCUT2D eigenvalue weighted by Gasteiger charge is 2.24. The second-order valence-electron chi connectivity index (χ2n) is 5.20. The van der Waals surface area contributed by atoms with Gasteiger partial charge < -0.3 is 5.73 Å². The summed E-state index contributed by atoms with van der Waals surface area (Å²) in [6.07, 6.45) is 15.4. The smallest absolute Gasteiger partial charge is 0.0106 e. The standard InChI is InChI=1S/C12H22.C2H7N.2CH4/c1-3-7-11(8-4-1)12-9-5-2-6-10-12;1-2-3;;/h11-12H,1-10H2;2-3H2,1H3;2*1H4. The molecular formula is C16H37N. The lowest BCUT2D eigenvalue weighted by molar-refractivity contribution is 0.196. The minimum absolute atomic E-state index is 0. The van der Waals surface area contributed by atoms with Gasteiger partial charge in [0.15, 0.2) is 0 Å². The van der Waals surface area contributed by atoms with Gasteiger partial charge in [-0.05, 0) is 18.4 Å². The first-order valence-corrected chi connectivity index (χ1v) is 7.08. The van der Waals surface area contributed by atoms with E-state index in [1.807, 2.05) is 6.92 Å². The Kier molecular flexibility index (Phi) is 14.1. The number of rotatable bonds is 1. The maximum atomic E-state index is 4.85. The van der Waals surface area contributed by atoms with Gasteiger partial charge in [0.25, 0.3) is 0 Å². The van der Waals surface area contributed by atoms with E-state index < -0.39 is 0 Å². The zero-order valence-electron chi connectivity index (χ0n) is 10.5. The molecule has 1 nitrogen and oxygen atoms in total. The van der Waals surface area contributed by atoms with Gasteiger partial charge in [0.2, 0.25) is 0 Å². The van der Waals surface area contributed by atoms with E-state index in [-0.39, 0.29) is 14.9 Å². The summed E-state index contributed by atoms with van der Waals surface area (Å²) in [5.41, 5.74) is 4.85. The van der Waals surface area contributed by atoms with E-state index in [2.05, 4.69) is 0 Å². The molecule has 2 aliphatic carbocycles. The number of hydrogen-bond donors (Lipinski definition) is 1. The Morgan fingerprint density at radius 2 is 0.941 bits per heavy atom. The summed E-state index contributed by atoms with van der Waals surface area (Å²) in [7, 11) is 0. The van der Waals surface area contributed by atoms with Crippen LogP contribution in [0.4, 0.5) is 0 Å². The van der Waals surface area contributed by atoms with Gasteiger partial charge in [-0.3, -0.25) is 0 Å². The Morgan fingerprint density at radius 1 is 0.706 bits per heavy atom. The van der Waals surface area contributed by atoms with Crippen molar-refractivity contribution in [1.82, 2.24) is 0 Å². The van der Waals surface area contributed by atoms with Crippen LogP contribution in [0, 0.1) is 11.8 Å². The van der Waals surface area contributed by atoms with E-state index in [0.29, 0.717) is 0 Å². The molecule has 0 aromatic rings. The Hall–Kier alpha value is -0.0400. The van der Waals surface area contributed by atoms with Crippen molar-refractivity contribution in [3.63, 3.8) is 0 Å². The van der Waals surface area contributed by atoms with Gasteiger partial charge in [-0.15, -0.1) is 0 Å². The van der Waals surface area contributed by atoms with Crippen molar-refractivity contribution in [1.29, 1.82) is 0 Å². The molecule has 0 aromatic heterocycles. The van der Waals surface area contributed by atoms with Gasteiger partial charge in [-0.25, -0.2) is 0 Å². The predicted molar refractivity (Wildman–Crippen MR) is 81.3 cm³/mol. The van der Waals surface area contributed by atoms with Crippen molar-refractivity contribution in [2.45, 2.75) is 86.0 Å². The molecule has 0 saturated heterocycles. The second-order valence-corrected chi connectivity index (χ2v) is 5.20. The van der Waals surface area contributed by atoms with Crippen LogP contribution in [0.2, 0.25) is 0 Å². The summed E-state index contributed by atoms with van der Waals surface area (Å²) >= 11 is 0. The molecule has 2 aliphatic rings. The summed E-state index contributed by atoms with van der Waals surface area (Å²) in [5, 5.41) is 0. The van der Waals surface area contributed by atoms with E-state index in [0.717, 1.165) is 18.4 Å². The second kappa shape index (κ2) is 12.4. The molecule has 0 radical (unpaired) electrons. The molecule has 0 heterocycles. The summed E-state index contributed by atoms with van der Waals surface area (Å²) in [6, 6.07) is 0. The highest BCUT2D eigenvalue weighted by atomic mass is 14.5. The molecule has 2 N–H and O–H groups in total. The summed E-state index contributed by atoms with van der Waals surface area (Å²) < 4.78 is 0. The van der Waals surface area contributed by atoms with Crippen LogP contribution >= 0.6 is 0 Å². The third-order valence-electron chi connectivity index (χ3n) is 3.97. The van der Waals surface area contributed by atoms with E-state index in [1.165, 1.54) is 38.5 Å². The van der Waals surface area contributed by atoms with Crippen LogP contribution in [0.1, 0.15) is 86.0 Å². The first-order valence-electron chi connectivity index (χ1n) is 7.08. The van der Waals surface area contributed by atoms with E-state index in [9.17, 15) is 0 Å². The Bertz CT molecular complexity index is 116. The molecule has 17 heavy (non-hydrogen) atoms. The quantitative estimate of drug-likeness (QED) is 0.657. The molecule has 0 amide bonds. The monoisotopic (exact) mass is 243 g/mol. The number of hydrogen-bond acceptors (Lipinski definition) is 1. The van der Waals surface area contributed by atoms with Gasteiger partial charge >= 0.3 is 0 Å². The summed E-state index contributed by atoms with van der Waals surface area (Å²) in [4.78, 5) is 0. The Balaban J connectivity index is 0. The average molecular weight is 243 g/mol. The average Bonchev–Trinajstić information content (AvgIpc) is 2.32. The van der Waals surface area contributed by atoms with Crippen molar-refractivity contribution in [2.75, 3.05) is 6.54 Å². The third kappa shape index (κ3) is 7.81. The van der Waals surface area contributed by atoms with Crippen molar-refractivity contribution < 1.29 is 0 Å². The summed E-state index contributed by atoms with van der Waals surface area (Å²) in [6.45, 7) is 2.65. The third-order valence-corrected chi connectivity index (χ3v) is 3.97. The highest BCUT2D eigenvalue weighted by Crippen LogP contribution is 2.37. The first kappa shape index (κ1) is 19.3. The minimum atomic E-state index is 0. The van der Waals surface area contributed by atoms with Crippen LogP contribution in [0.15, 0.2) is 0 Å². The van der Waals surface area contributed by atoms with Crippen molar-refractivity contribution in [3.05, 3.63) is 0 Å². The molecule has 0 aromatic carbocycles. The highest BCUT2D eigenvalue weighted by molar-refractivity contribution is 4.76. The lowest BCUT2D eigenvalue weighted by atomic mass is 9.73. The maximum Gasteiger partial charge on any atom is -0.0106 e. The molecule has 0 unspecified atom stereocenters. The zero-order valence-corrected chi connectivity index (χ0v) is 10.5. The lowest BCUT2D eigenvalue weighted by Crippen LogP contribution is -2.20. The number of nitrogens with two attached hydrogens (primary N) is 1. The molecule has 2 saturated carbocycles. The molecule has 0 atom stereocenters. The van der Waals surface area contributed by atoms with Crippen molar-refractivity contribution in [3.8, 4) is 0 Å². The van der Waals surface area contributed by atoms with Crippen LogP contribution in [-0.2, 0) is 0 Å². The molecule has 0 aliphatic heterocycles. The van der Waals surface area contributed by atoms with Crippen LogP contribution in [0.25, 0.3) is 0 Å². The molecular weight excluding hydrogens is 206 g/mol. The van der Waals surface area contributed by atoms with Crippen molar-refractivity contribution >= 4 is 0 Å². The van der Waals surface area contributed by atoms with Gasteiger partial charge in [0.05, 0.1) is 0 Å². The Morgan fingerprint density at radius 3 is 1.18 bits per heavy atom. The van der Waals surface area contributed by atoms with Crippen LogP contribution in [-0.4, -0.2) is 6.54 Å². The lowest BCUT2D eigenvalue weighted by Gasteiger charge is -2.32. The zero-order chi connectivity index (χ0) is 10.9. The van der Waals surface area contributed by atoms with Gasteiger partial charge in [-0.1, -0.05) is 86.0 Å². The SMILES string of the molecule is C.C.C1CCC(C2CCCCC2)CC1.CCN. The molecule has 0 spiro atoms. The largest absolute Gasteiger partial charge is 0.331 e. The van der Waals surface area contributed by atoms with E-state index >= 15 is 0 Å². The van der Waals surface area contributed by atoms with Gasteiger partial charge in [0.1, 0.15) is 0 Å². The van der Waals surface area contributed by atoms with E-state index in [4.69, 9.17) is 5.73 Å². The normalized spacial score (nSPS) is 21.5. The van der Waals surface area contributed by atoms with Crippen LogP contribution in [0.5, 0.6) is 0 Å². The van der Waals surface area contributed by atoms with Gasteiger partial charge in [0, 0.05) is 0 Å². The predicted octanol–water partition coefficient (Wildman–Crippen LogP) is 5.38. The fourth-order valence-electron chi connectivity index (χ4n) is 3.21.